The van der Waals surface area contributed by atoms with Crippen LogP contribution in [0.2, 0.25) is 0 Å². The number of aliphatic hydroxyl groups is 1. The first kappa shape index (κ1) is 12.6. The van der Waals surface area contributed by atoms with Crippen LogP contribution in [0.3, 0.4) is 0 Å². The van der Waals surface area contributed by atoms with Gasteiger partial charge in [0, 0.05) is 32.0 Å². The highest BCUT2D eigenvalue weighted by atomic mass is 16.3. The lowest BCUT2D eigenvalue weighted by molar-refractivity contribution is -0.0507. The smallest absolute Gasteiger partial charge is 0.0669 e. The van der Waals surface area contributed by atoms with Crippen molar-refractivity contribution in [3.8, 4) is 0 Å². The lowest BCUT2D eigenvalue weighted by atomic mass is 9.84. The average Bonchev–Trinajstić information content (AvgIpc) is 2.77. The quantitative estimate of drug-likeness (QED) is 0.860. The van der Waals surface area contributed by atoms with Gasteiger partial charge < -0.3 is 10.0 Å². The Kier molecular flexibility index (Phi) is 3.84. The van der Waals surface area contributed by atoms with Gasteiger partial charge in [0.2, 0.25) is 0 Å². The van der Waals surface area contributed by atoms with Gasteiger partial charge in [0.05, 0.1) is 5.60 Å². The SMILES string of the molecule is C[C@@H]1CN(CCCn2cccn2)CC[C@]1(C)O. The molecule has 4 heteroatoms. The summed E-state index contributed by atoms with van der Waals surface area (Å²) >= 11 is 0. The highest BCUT2D eigenvalue weighted by molar-refractivity contribution is 4.87. The molecule has 0 aromatic carbocycles. The number of nitrogens with zero attached hydrogens (tertiary/aromatic N) is 3. The fourth-order valence-corrected chi connectivity index (χ4v) is 2.40. The molecule has 0 spiro atoms. The summed E-state index contributed by atoms with van der Waals surface area (Å²) in [7, 11) is 0. The van der Waals surface area contributed by atoms with Crippen molar-refractivity contribution in [2.24, 2.45) is 5.92 Å². The van der Waals surface area contributed by atoms with Gasteiger partial charge in [-0.15, -0.1) is 0 Å². The molecule has 1 aliphatic rings. The van der Waals surface area contributed by atoms with Gasteiger partial charge in [0.15, 0.2) is 0 Å². The summed E-state index contributed by atoms with van der Waals surface area (Å²) in [5.41, 5.74) is -0.474. The van der Waals surface area contributed by atoms with Crippen LogP contribution < -0.4 is 0 Å². The van der Waals surface area contributed by atoms with Crippen LogP contribution in [0, 0.1) is 5.92 Å². The number of aromatic nitrogens is 2. The molecule has 0 unspecified atom stereocenters. The van der Waals surface area contributed by atoms with Crippen LogP contribution in [-0.4, -0.2) is 45.0 Å². The summed E-state index contributed by atoms with van der Waals surface area (Å²) in [5.74, 6) is 0.362. The molecule has 1 aromatic heterocycles. The number of hydrogen-bond donors (Lipinski definition) is 1. The average molecular weight is 237 g/mol. The second kappa shape index (κ2) is 5.19. The van der Waals surface area contributed by atoms with Gasteiger partial charge in [-0.3, -0.25) is 4.68 Å². The lowest BCUT2D eigenvalue weighted by Crippen LogP contribution is -2.49. The van der Waals surface area contributed by atoms with Crippen LogP contribution in [0.25, 0.3) is 0 Å². The van der Waals surface area contributed by atoms with E-state index in [4.69, 9.17) is 0 Å². The zero-order valence-electron chi connectivity index (χ0n) is 10.8. The van der Waals surface area contributed by atoms with Crippen molar-refractivity contribution in [2.45, 2.75) is 38.8 Å². The molecule has 1 N–H and O–H groups in total. The minimum absolute atomic E-state index is 0.362. The second-order valence-corrected chi connectivity index (χ2v) is 5.43. The summed E-state index contributed by atoms with van der Waals surface area (Å²) in [4.78, 5) is 2.45. The van der Waals surface area contributed by atoms with Crippen LogP contribution in [0.1, 0.15) is 26.7 Å². The Morgan fingerprint density at radius 1 is 1.47 bits per heavy atom. The number of rotatable bonds is 4. The predicted octanol–water partition coefficient (Wildman–Crippen LogP) is 1.37. The number of aryl methyl sites for hydroxylation is 1. The molecule has 1 saturated heterocycles. The van der Waals surface area contributed by atoms with Crippen molar-refractivity contribution in [1.82, 2.24) is 14.7 Å². The van der Waals surface area contributed by atoms with Crippen molar-refractivity contribution in [3.63, 3.8) is 0 Å². The van der Waals surface area contributed by atoms with Crippen molar-refractivity contribution < 1.29 is 5.11 Å². The minimum atomic E-state index is -0.474. The molecule has 0 aliphatic carbocycles. The van der Waals surface area contributed by atoms with Crippen LogP contribution in [-0.2, 0) is 6.54 Å². The van der Waals surface area contributed by atoms with Crippen LogP contribution in [0.15, 0.2) is 18.5 Å². The number of likely N-dealkylation sites (tertiary alicyclic amines) is 1. The van der Waals surface area contributed by atoms with Gasteiger partial charge >= 0.3 is 0 Å². The van der Waals surface area contributed by atoms with Crippen molar-refractivity contribution in [2.75, 3.05) is 19.6 Å². The molecule has 2 atom stereocenters. The molecule has 17 heavy (non-hydrogen) atoms. The molecule has 0 bridgehead atoms. The molecule has 4 nitrogen and oxygen atoms in total. The van der Waals surface area contributed by atoms with E-state index in [-0.39, 0.29) is 0 Å². The van der Waals surface area contributed by atoms with Gasteiger partial charge in [0.25, 0.3) is 0 Å². The second-order valence-electron chi connectivity index (χ2n) is 5.43. The predicted molar refractivity (Wildman–Crippen MR) is 67.7 cm³/mol. The van der Waals surface area contributed by atoms with E-state index in [9.17, 15) is 5.11 Å². The van der Waals surface area contributed by atoms with E-state index in [2.05, 4.69) is 16.9 Å². The summed E-state index contributed by atoms with van der Waals surface area (Å²) in [6.45, 7) is 8.19. The molecule has 0 radical (unpaired) electrons. The first-order valence-corrected chi connectivity index (χ1v) is 6.50. The molecule has 96 valence electrons. The molecule has 1 aliphatic heterocycles. The van der Waals surface area contributed by atoms with Gasteiger partial charge in [0.1, 0.15) is 0 Å². The van der Waals surface area contributed by atoms with E-state index in [0.29, 0.717) is 5.92 Å². The minimum Gasteiger partial charge on any atom is -0.390 e. The number of hydrogen-bond acceptors (Lipinski definition) is 3. The summed E-state index contributed by atoms with van der Waals surface area (Å²) in [5, 5.41) is 14.3. The molecule has 2 rings (SSSR count). The summed E-state index contributed by atoms with van der Waals surface area (Å²) in [6, 6.07) is 1.96. The molecular weight excluding hydrogens is 214 g/mol. The maximum atomic E-state index is 10.1. The van der Waals surface area contributed by atoms with Gasteiger partial charge in [-0.05, 0) is 38.3 Å². The number of piperidine rings is 1. The van der Waals surface area contributed by atoms with Gasteiger partial charge in [-0.1, -0.05) is 6.92 Å². The maximum absolute atomic E-state index is 10.1. The summed E-state index contributed by atoms with van der Waals surface area (Å²) < 4.78 is 1.98. The Morgan fingerprint density at radius 3 is 2.94 bits per heavy atom. The van der Waals surface area contributed by atoms with E-state index in [1.165, 1.54) is 0 Å². The van der Waals surface area contributed by atoms with Crippen LogP contribution in [0.5, 0.6) is 0 Å². The van der Waals surface area contributed by atoms with Crippen molar-refractivity contribution in [3.05, 3.63) is 18.5 Å². The monoisotopic (exact) mass is 237 g/mol. The van der Waals surface area contributed by atoms with Gasteiger partial charge in [-0.2, -0.15) is 5.10 Å². The third kappa shape index (κ3) is 3.30. The molecule has 0 saturated carbocycles. The highest BCUT2D eigenvalue weighted by Gasteiger charge is 2.33. The highest BCUT2D eigenvalue weighted by Crippen LogP contribution is 2.26. The van der Waals surface area contributed by atoms with Crippen LogP contribution in [0.4, 0.5) is 0 Å². The van der Waals surface area contributed by atoms with Crippen molar-refractivity contribution >= 4 is 0 Å². The third-order valence-corrected chi connectivity index (χ3v) is 3.95. The zero-order chi connectivity index (χ0) is 12.3. The van der Waals surface area contributed by atoms with E-state index >= 15 is 0 Å². The zero-order valence-corrected chi connectivity index (χ0v) is 10.8. The molecular formula is C13H23N3O. The normalized spacial score (nSPS) is 30.6. The molecule has 1 aromatic rings. The fraction of sp³-hybridized carbons (Fsp3) is 0.769. The first-order chi connectivity index (χ1) is 8.08. The lowest BCUT2D eigenvalue weighted by Gasteiger charge is -2.41. The van der Waals surface area contributed by atoms with E-state index in [1.54, 1.807) is 0 Å². The Morgan fingerprint density at radius 2 is 2.29 bits per heavy atom. The van der Waals surface area contributed by atoms with Gasteiger partial charge in [-0.25, -0.2) is 0 Å². The largest absolute Gasteiger partial charge is 0.390 e. The Hall–Kier alpha value is -0.870. The third-order valence-electron chi connectivity index (χ3n) is 3.95. The Balaban J connectivity index is 1.71. The molecule has 0 amide bonds. The van der Waals surface area contributed by atoms with Crippen molar-refractivity contribution in [1.29, 1.82) is 0 Å². The molecule has 2 heterocycles. The Labute approximate surface area is 103 Å². The van der Waals surface area contributed by atoms with E-state index in [1.807, 2.05) is 30.1 Å². The summed E-state index contributed by atoms with van der Waals surface area (Å²) in [6.07, 6.45) is 5.83. The Bertz CT molecular complexity index is 334. The first-order valence-electron chi connectivity index (χ1n) is 6.50. The maximum Gasteiger partial charge on any atom is 0.0669 e. The molecule has 1 fully saturated rings. The van der Waals surface area contributed by atoms with Crippen LogP contribution >= 0.6 is 0 Å². The fourth-order valence-electron chi connectivity index (χ4n) is 2.40. The topological polar surface area (TPSA) is 41.3 Å². The van der Waals surface area contributed by atoms with E-state index < -0.39 is 5.60 Å². The standard InChI is InChI=1S/C13H23N3O/c1-12-11-15(10-5-13(12,2)17)7-4-9-16-8-3-6-14-16/h3,6,8,12,17H,4-5,7,9-11H2,1-2H3/t12-,13+/m1/s1. The van der Waals surface area contributed by atoms with E-state index in [0.717, 1.165) is 39.0 Å².